The van der Waals surface area contributed by atoms with Crippen molar-refractivity contribution in [1.82, 2.24) is 0 Å². The van der Waals surface area contributed by atoms with E-state index in [-0.39, 0.29) is 11.5 Å². The minimum Gasteiger partial charge on any atom is -0.380 e. The van der Waals surface area contributed by atoms with Gasteiger partial charge in [0, 0.05) is 23.7 Å². The smallest absolute Gasteiger partial charge is 0.293 e. The van der Waals surface area contributed by atoms with E-state index in [9.17, 15) is 14.9 Å². The Morgan fingerprint density at radius 1 is 1.15 bits per heavy atom. The number of benzene rings is 2. The molecule has 0 aromatic heterocycles. The van der Waals surface area contributed by atoms with Gasteiger partial charge in [0.1, 0.15) is 5.69 Å². The van der Waals surface area contributed by atoms with Crippen LogP contribution in [0.3, 0.4) is 0 Å². The SMILES string of the molecule is CCNc1ccc(C(=O)c2ccccc2)cc1[N+](=O)[O-]. The van der Waals surface area contributed by atoms with E-state index in [0.717, 1.165) is 0 Å². The van der Waals surface area contributed by atoms with E-state index in [2.05, 4.69) is 5.32 Å². The van der Waals surface area contributed by atoms with Gasteiger partial charge in [0.25, 0.3) is 5.69 Å². The summed E-state index contributed by atoms with van der Waals surface area (Å²) in [6, 6.07) is 13.2. The lowest BCUT2D eigenvalue weighted by molar-refractivity contribution is -0.384. The van der Waals surface area contributed by atoms with Gasteiger partial charge in [-0.05, 0) is 19.1 Å². The lowest BCUT2D eigenvalue weighted by Gasteiger charge is -2.06. The van der Waals surface area contributed by atoms with Crippen molar-refractivity contribution in [3.8, 4) is 0 Å². The normalized spacial score (nSPS) is 10.1. The molecule has 2 aromatic carbocycles. The molecule has 0 saturated carbocycles. The average Bonchev–Trinajstić information content (AvgIpc) is 2.48. The van der Waals surface area contributed by atoms with Gasteiger partial charge in [0.15, 0.2) is 5.78 Å². The number of nitrogens with one attached hydrogen (secondary N) is 1. The highest BCUT2D eigenvalue weighted by Gasteiger charge is 2.17. The number of anilines is 1. The summed E-state index contributed by atoms with van der Waals surface area (Å²) >= 11 is 0. The fourth-order valence-electron chi connectivity index (χ4n) is 1.92. The van der Waals surface area contributed by atoms with Crippen LogP contribution in [0.4, 0.5) is 11.4 Å². The lowest BCUT2D eigenvalue weighted by Crippen LogP contribution is -2.05. The van der Waals surface area contributed by atoms with E-state index in [1.807, 2.05) is 13.0 Å². The standard InChI is InChI=1S/C15H14N2O3/c1-2-16-13-9-8-12(10-14(13)17(19)20)15(18)11-6-4-3-5-7-11/h3-10,16H,2H2,1H3. The molecule has 0 amide bonds. The number of carbonyl (C=O) groups is 1. The molecule has 0 aliphatic rings. The van der Waals surface area contributed by atoms with E-state index >= 15 is 0 Å². The van der Waals surface area contributed by atoms with Gasteiger partial charge >= 0.3 is 0 Å². The number of hydrogen-bond acceptors (Lipinski definition) is 4. The average molecular weight is 270 g/mol. The fraction of sp³-hybridized carbons (Fsp3) is 0.133. The highest BCUT2D eigenvalue weighted by atomic mass is 16.6. The minimum absolute atomic E-state index is 0.0892. The molecule has 0 aliphatic heterocycles. The molecule has 20 heavy (non-hydrogen) atoms. The summed E-state index contributed by atoms with van der Waals surface area (Å²) in [4.78, 5) is 22.8. The molecule has 0 atom stereocenters. The predicted molar refractivity (Wildman–Crippen MR) is 77.1 cm³/mol. The number of nitro benzene ring substituents is 1. The molecule has 0 unspecified atom stereocenters. The second kappa shape index (κ2) is 5.97. The molecular formula is C15H14N2O3. The third-order valence-corrected chi connectivity index (χ3v) is 2.86. The third-order valence-electron chi connectivity index (χ3n) is 2.86. The first-order chi connectivity index (χ1) is 9.63. The Kier molecular flexibility index (Phi) is 4.10. The van der Waals surface area contributed by atoms with Gasteiger partial charge in [-0.1, -0.05) is 30.3 Å². The van der Waals surface area contributed by atoms with Crippen molar-refractivity contribution < 1.29 is 9.72 Å². The number of rotatable bonds is 5. The number of ketones is 1. The molecule has 2 aromatic rings. The summed E-state index contributed by atoms with van der Waals surface area (Å²) in [5.74, 6) is -0.225. The first-order valence-corrected chi connectivity index (χ1v) is 6.25. The zero-order valence-electron chi connectivity index (χ0n) is 11.0. The number of nitrogens with zero attached hydrogens (tertiary/aromatic N) is 1. The van der Waals surface area contributed by atoms with Gasteiger partial charge in [-0.15, -0.1) is 0 Å². The van der Waals surface area contributed by atoms with Crippen LogP contribution in [0.25, 0.3) is 0 Å². The molecule has 2 rings (SSSR count). The Balaban J connectivity index is 2.41. The maximum atomic E-state index is 12.2. The fourth-order valence-corrected chi connectivity index (χ4v) is 1.92. The Morgan fingerprint density at radius 2 is 1.85 bits per heavy atom. The molecule has 0 saturated heterocycles. The summed E-state index contributed by atoms with van der Waals surface area (Å²) in [6.45, 7) is 2.43. The van der Waals surface area contributed by atoms with Crippen LogP contribution in [-0.2, 0) is 0 Å². The lowest BCUT2D eigenvalue weighted by atomic mass is 10.0. The quantitative estimate of drug-likeness (QED) is 0.514. The Morgan fingerprint density at radius 3 is 2.45 bits per heavy atom. The van der Waals surface area contributed by atoms with Crippen LogP contribution in [-0.4, -0.2) is 17.3 Å². The summed E-state index contributed by atoms with van der Waals surface area (Å²) < 4.78 is 0. The second-order valence-electron chi connectivity index (χ2n) is 4.21. The van der Waals surface area contributed by atoms with Crippen molar-refractivity contribution in [2.75, 3.05) is 11.9 Å². The number of nitro groups is 1. The van der Waals surface area contributed by atoms with Crippen LogP contribution >= 0.6 is 0 Å². The minimum atomic E-state index is -0.486. The largest absolute Gasteiger partial charge is 0.380 e. The van der Waals surface area contributed by atoms with Crippen LogP contribution in [0.2, 0.25) is 0 Å². The number of hydrogen-bond donors (Lipinski definition) is 1. The topological polar surface area (TPSA) is 72.2 Å². The molecule has 102 valence electrons. The first kappa shape index (κ1) is 13.7. The second-order valence-corrected chi connectivity index (χ2v) is 4.21. The maximum Gasteiger partial charge on any atom is 0.293 e. The molecule has 0 fully saturated rings. The van der Waals surface area contributed by atoms with Crippen LogP contribution in [0, 0.1) is 10.1 Å². The molecule has 0 radical (unpaired) electrons. The van der Waals surface area contributed by atoms with Crippen molar-refractivity contribution in [2.24, 2.45) is 0 Å². The van der Waals surface area contributed by atoms with Crippen LogP contribution in [0.5, 0.6) is 0 Å². The van der Waals surface area contributed by atoms with Gasteiger partial charge in [-0.3, -0.25) is 14.9 Å². The van der Waals surface area contributed by atoms with Crippen molar-refractivity contribution in [3.63, 3.8) is 0 Å². The molecule has 5 heteroatoms. The Labute approximate surface area is 116 Å². The highest BCUT2D eigenvalue weighted by molar-refractivity contribution is 6.09. The van der Waals surface area contributed by atoms with E-state index in [1.54, 1.807) is 36.4 Å². The summed E-state index contributed by atoms with van der Waals surface area (Å²) in [6.07, 6.45) is 0. The molecule has 0 heterocycles. The summed E-state index contributed by atoms with van der Waals surface area (Å²) in [7, 11) is 0. The first-order valence-electron chi connectivity index (χ1n) is 6.25. The van der Waals surface area contributed by atoms with Gasteiger partial charge in [0.2, 0.25) is 0 Å². The van der Waals surface area contributed by atoms with Crippen molar-refractivity contribution in [1.29, 1.82) is 0 Å². The van der Waals surface area contributed by atoms with Crippen LogP contribution in [0.15, 0.2) is 48.5 Å². The zero-order valence-corrected chi connectivity index (χ0v) is 11.0. The van der Waals surface area contributed by atoms with Gasteiger partial charge in [0.05, 0.1) is 4.92 Å². The van der Waals surface area contributed by atoms with Crippen molar-refractivity contribution in [3.05, 3.63) is 69.8 Å². The molecule has 1 N–H and O–H groups in total. The monoisotopic (exact) mass is 270 g/mol. The van der Waals surface area contributed by atoms with E-state index in [4.69, 9.17) is 0 Å². The summed E-state index contributed by atoms with van der Waals surface area (Å²) in [5.41, 5.74) is 1.15. The maximum absolute atomic E-state index is 12.2. The zero-order chi connectivity index (χ0) is 14.5. The van der Waals surface area contributed by atoms with Gasteiger partial charge in [-0.2, -0.15) is 0 Å². The van der Waals surface area contributed by atoms with Gasteiger partial charge < -0.3 is 5.32 Å². The molecule has 0 aliphatic carbocycles. The molecular weight excluding hydrogens is 256 g/mol. The summed E-state index contributed by atoms with van der Waals surface area (Å²) in [5, 5.41) is 14.0. The molecule has 5 nitrogen and oxygen atoms in total. The number of carbonyl (C=O) groups excluding carboxylic acids is 1. The van der Waals surface area contributed by atoms with Crippen LogP contribution < -0.4 is 5.32 Å². The van der Waals surface area contributed by atoms with E-state index in [1.165, 1.54) is 6.07 Å². The van der Waals surface area contributed by atoms with Crippen molar-refractivity contribution in [2.45, 2.75) is 6.92 Å². The molecule has 0 bridgehead atoms. The third kappa shape index (κ3) is 2.83. The van der Waals surface area contributed by atoms with Crippen molar-refractivity contribution >= 4 is 17.2 Å². The van der Waals surface area contributed by atoms with Gasteiger partial charge in [-0.25, -0.2) is 0 Å². The predicted octanol–water partition coefficient (Wildman–Crippen LogP) is 3.26. The van der Waals surface area contributed by atoms with Crippen LogP contribution in [0.1, 0.15) is 22.8 Å². The Bertz CT molecular complexity index is 639. The van der Waals surface area contributed by atoms with E-state index < -0.39 is 4.92 Å². The highest BCUT2D eigenvalue weighted by Crippen LogP contribution is 2.26. The molecule has 0 spiro atoms. The Hall–Kier alpha value is -2.69. The van der Waals surface area contributed by atoms with E-state index in [0.29, 0.717) is 23.4 Å².